The Morgan fingerprint density at radius 1 is 0.600 bits per heavy atom. The molecular formula is C43H56Br2. The molecule has 5 aliphatic carbocycles. The molecule has 8 rings (SSSR count). The van der Waals surface area contributed by atoms with Crippen LogP contribution in [-0.4, -0.2) is 0 Å². The Bertz CT molecular complexity index is 1450. The van der Waals surface area contributed by atoms with Crippen LogP contribution in [0.15, 0.2) is 51.4 Å². The summed E-state index contributed by atoms with van der Waals surface area (Å²) in [5.41, 5.74) is 8.45. The molecule has 2 heteroatoms. The first kappa shape index (κ1) is 32.4. The fourth-order valence-electron chi connectivity index (χ4n) is 11.2. The summed E-state index contributed by atoms with van der Waals surface area (Å²) >= 11 is 8.14. The van der Waals surface area contributed by atoms with Gasteiger partial charge in [0.15, 0.2) is 0 Å². The van der Waals surface area contributed by atoms with Crippen LogP contribution in [0.3, 0.4) is 0 Å². The minimum atomic E-state index is 0.110. The van der Waals surface area contributed by atoms with Crippen LogP contribution in [-0.2, 0) is 10.8 Å². The fourth-order valence-corrected chi connectivity index (χ4v) is 12.1. The summed E-state index contributed by atoms with van der Waals surface area (Å²) in [6.07, 6.45) is 27.7. The first-order valence-electron chi connectivity index (χ1n) is 19.0. The Hall–Kier alpha value is -1.12. The highest BCUT2D eigenvalue weighted by Crippen LogP contribution is 2.62. The number of unbranched alkanes of at least 4 members (excludes halogenated alkanes) is 10. The van der Waals surface area contributed by atoms with Crippen molar-refractivity contribution in [1.29, 1.82) is 0 Å². The highest BCUT2D eigenvalue weighted by atomic mass is 79.9. The molecule has 0 N–H and O–H groups in total. The van der Waals surface area contributed by atoms with Crippen molar-refractivity contribution in [2.75, 3.05) is 0 Å². The molecule has 0 unspecified atom stereocenters. The van der Waals surface area contributed by atoms with Gasteiger partial charge in [-0.3, -0.25) is 0 Å². The van der Waals surface area contributed by atoms with Gasteiger partial charge in [-0.1, -0.05) is 141 Å². The molecule has 4 bridgehead atoms. The van der Waals surface area contributed by atoms with Crippen molar-refractivity contribution in [3.05, 3.63) is 68.1 Å². The smallest absolute Gasteiger partial charge is 0.0257 e. The Morgan fingerprint density at radius 3 is 1.78 bits per heavy atom. The van der Waals surface area contributed by atoms with E-state index in [1.54, 1.807) is 22.3 Å². The van der Waals surface area contributed by atoms with Crippen LogP contribution >= 0.6 is 31.9 Å². The number of benzene rings is 3. The number of halogens is 2. The van der Waals surface area contributed by atoms with Crippen LogP contribution < -0.4 is 0 Å². The second-order valence-electron chi connectivity index (χ2n) is 16.0. The van der Waals surface area contributed by atoms with Crippen LogP contribution in [0.1, 0.15) is 159 Å². The van der Waals surface area contributed by atoms with Gasteiger partial charge in [-0.05, 0) is 137 Å². The third-order valence-corrected chi connectivity index (χ3v) is 14.1. The molecule has 5 aliphatic rings. The summed E-state index contributed by atoms with van der Waals surface area (Å²) in [5, 5.41) is 2.93. The third kappa shape index (κ3) is 6.16. The van der Waals surface area contributed by atoms with Gasteiger partial charge in [-0.25, -0.2) is 0 Å². The molecule has 4 saturated carbocycles. The van der Waals surface area contributed by atoms with Crippen molar-refractivity contribution in [2.45, 2.75) is 153 Å². The van der Waals surface area contributed by atoms with Crippen LogP contribution in [0, 0.1) is 17.8 Å². The van der Waals surface area contributed by atoms with E-state index in [1.807, 2.05) is 0 Å². The maximum Gasteiger partial charge on any atom is 0.0257 e. The average Bonchev–Trinajstić information content (AvgIpc) is 3.28. The lowest BCUT2D eigenvalue weighted by molar-refractivity contribution is -0.00513. The Kier molecular flexibility index (Phi) is 9.93. The van der Waals surface area contributed by atoms with Crippen LogP contribution in [0.5, 0.6) is 0 Å². The molecule has 0 amide bonds. The van der Waals surface area contributed by atoms with Gasteiger partial charge >= 0.3 is 0 Å². The van der Waals surface area contributed by atoms with Crippen molar-refractivity contribution in [3.63, 3.8) is 0 Å². The van der Waals surface area contributed by atoms with E-state index in [4.69, 9.17) is 0 Å². The van der Waals surface area contributed by atoms with Crippen LogP contribution in [0.2, 0.25) is 0 Å². The number of rotatable bonds is 15. The fraction of sp³-hybridized carbons (Fsp3) is 0.628. The molecule has 0 radical (unpaired) electrons. The zero-order valence-electron chi connectivity index (χ0n) is 28.2. The molecule has 3 aromatic rings. The third-order valence-electron chi connectivity index (χ3n) is 12.9. The summed E-state index contributed by atoms with van der Waals surface area (Å²) in [5.74, 6) is 2.93. The molecule has 0 heterocycles. The number of hydrogen-bond donors (Lipinski definition) is 0. The quantitative estimate of drug-likeness (QED) is 0.137. The molecule has 3 aromatic carbocycles. The van der Waals surface area contributed by atoms with Gasteiger partial charge in [-0.15, -0.1) is 0 Å². The summed E-state index contributed by atoms with van der Waals surface area (Å²) in [4.78, 5) is 0. The van der Waals surface area contributed by atoms with Crippen molar-refractivity contribution >= 4 is 42.6 Å². The second-order valence-corrected chi connectivity index (χ2v) is 17.8. The monoisotopic (exact) mass is 730 g/mol. The Labute approximate surface area is 291 Å². The van der Waals surface area contributed by atoms with Gasteiger partial charge in [0.05, 0.1) is 0 Å². The molecule has 4 fully saturated rings. The molecular weight excluding hydrogens is 676 g/mol. The van der Waals surface area contributed by atoms with E-state index < -0.39 is 0 Å². The minimum Gasteiger partial charge on any atom is -0.0654 e. The van der Waals surface area contributed by atoms with Gasteiger partial charge < -0.3 is 0 Å². The van der Waals surface area contributed by atoms with E-state index in [0.29, 0.717) is 5.41 Å². The van der Waals surface area contributed by atoms with Gasteiger partial charge in [-0.2, -0.15) is 0 Å². The van der Waals surface area contributed by atoms with Crippen molar-refractivity contribution in [1.82, 2.24) is 0 Å². The zero-order chi connectivity index (χ0) is 31.0. The molecule has 0 aliphatic heterocycles. The van der Waals surface area contributed by atoms with E-state index in [-0.39, 0.29) is 5.41 Å². The topological polar surface area (TPSA) is 0 Å². The maximum atomic E-state index is 4.22. The molecule has 0 aromatic heterocycles. The molecule has 0 nitrogen and oxygen atoms in total. The first-order valence-corrected chi connectivity index (χ1v) is 20.6. The largest absolute Gasteiger partial charge is 0.0654 e. The second kappa shape index (κ2) is 13.8. The van der Waals surface area contributed by atoms with E-state index in [2.05, 4.69) is 88.2 Å². The SMILES string of the molecule is CCCCCCCCC1(CCCCCCCC)c2cc(Br)ccc2-c2c1cc(Br)c1cc(C34CC5CC(CC(C5)C3)C4)ccc21. The highest BCUT2D eigenvalue weighted by Gasteiger charge is 2.52. The van der Waals surface area contributed by atoms with E-state index in [9.17, 15) is 0 Å². The highest BCUT2D eigenvalue weighted by molar-refractivity contribution is 9.11. The number of hydrogen-bond acceptors (Lipinski definition) is 0. The van der Waals surface area contributed by atoms with Gasteiger partial charge in [0, 0.05) is 14.4 Å². The van der Waals surface area contributed by atoms with Gasteiger partial charge in [0.25, 0.3) is 0 Å². The molecule has 0 saturated heterocycles. The van der Waals surface area contributed by atoms with Gasteiger partial charge in [0.2, 0.25) is 0 Å². The Balaban J connectivity index is 1.28. The number of fused-ring (bicyclic) bond motifs is 5. The van der Waals surface area contributed by atoms with Crippen molar-refractivity contribution in [2.24, 2.45) is 17.8 Å². The lowest BCUT2D eigenvalue weighted by atomic mass is 9.48. The summed E-state index contributed by atoms with van der Waals surface area (Å²) < 4.78 is 2.56. The van der Waals surface area contributed by atoms with Crippen LogP contribution in [0.25, 0.3) is 21.9 Å². The van der Waals surface area contributed by atoms with E-state index >= 15 is 0 Å². The normalized spacial score (nSPS) is 25.6. The zero-order valence-corrected chi connectivity index (χ0v) is 31.3. The standard InChI is InChI=1S/C43H56Br2/c1-3-5-7-9-11-13-19-43(20-14-12-10-8-6-4-2)38-25-34(44)16-18-36(38)41-35-17-15-33(24-37(35)40(45)26-39(41)43)42-27-30-21-31(28-42)23-32(22-30)29-42/h15-18,24-26,30-32H,3-14,19-23,27-29H2,1-2H3. The summed E-state index contributed by atoms with van der Waals surface area (Å²) in [7, 11) is 0. The Morgan fingerprint density at radius 2 is 1.18 bits per heavy atom. The predicted octanol–water partition coefficient (Wildman–Crippen LogP) is 14.6. The van der Waals surface area contributed by atoms with Crippen molar-refractivity contribution < 1.29 is 0 Å². The average molecular weight is 733 g/mol. The van der Waals surface area contributed by atoms with Gasteiger partial charge in [0.1, 0.15) is 0 Å². The molecule has 45 heavy (non-hydrogen) atoms. The predicted molar refractivity (Wildman–Crippen MR) is 201 cm³/mol. The van der Waals surface area contributed by atoms with E-state index in [0.717, 1.165) is 17.8 Å². The summed E-state index contributed by atoms with van der Waals surface area (Å²) in [6, 6.07) is 17.6. The summed E-state index contributed by atoms with van der Waals surface area (Å²) in [6.45, 7) is 4.65. The van der Waals surface area contributed by atoms with Crippen LogP contribution in [0.4, 0.5) is 0 Å². The van der Waals surface area contributed by atoms with E-state index in [1.165, 1.54) is 154 Å². The first-order chi connectivity index (χ1) is 22.0. The minimum absolute atomic E-state index is 0.110. The molecule has 0 atom stereocenters. The lowest BCUT2D eigenvalue weighted by Gasteiger charge is -2.57. The molecule has 0 spiro atoms. The maximum absolute atomic E-state index is 4.22. The molecule has 242 valence electrons. The lowest BCUT2D eigenvalue weighted by Crippen LogP contribution is -2.48. The van der Waals surface area contributed by atoms with Crippen molar-refractivity contribution in [3.8, 4) is 11.1 Å².